The number of imidazole rings is 1. The lowest BCUT2D eigenvalue weighted by molar-refractivity contribution is 0.0511. The summed E-state index contributed by atoms with van der Waals surface area (Å²) in [6.07, 6.45) is 5.19. The number of aryl methyl sites for hydroxylation is 1. The normalized spacial score (nSPS) is 23.2. The van der Waals surface area contributed by atoms with Crippen molar-refractivity contribution in [2.75, 3.05) is 0 Å². The van der Waals surface area contributed by atoms with Crippen molar-refractivity contribution >= 4 is 16.9 Å². The van der Waals surface area contributed by atoms with Crippen LogP contribution in [0.15, 0.2) is 24.5 Å². The maximum Gasteiger partial charge on any atom is 0.254 e. The van der Waals surface area contributed by atoms with Crippen LogP contribution in [-0.2, 0) is 7.05 Å². The lowest BCUT2D eigenvalue weighted by Gasteiger charge is -2.39. The number of hydrogen-bond donors (Lipinski definition) is 0. The first kappa shape index (κ1) is 13.2. The molecule has 2 unspecified atom stereocenters. The van der Waals surface area contributed by atoms with Crippen molar-refractivity contribution in [1.82, 2.24) is 14.5 Å². The van der Waals surface area contributed by atoms with Gasteiger partial charge in [-0.25, -0.2) is 4.98 Å². The zero-order valence-electron chi connectivity index (χ0n) is 12.3. The summed E-state index contributed by atoms with van der Waals surface area (Å²) in [7, 11) is 1.96. The van der Waals surface area contributed by atoms with E-state index < -0.39 is 0 Å². The fourth-order valence-electron chi connectivity index (χ4n) is 3.24. The Labute approximate surface area is 119 Å². The first-order valence-electron chi connectivity index (χ1n) is 7.31. The molecule has 1 saturated heterocycles. The molecule has 2 aromatic rings. The molecule has 0 radical (unpaired) electrons. The number of aromatic nitrogens is 2. The molecular formula is C16H21N3O. The van der Waals surface area contributed by atoms with Gasteiger partial charge >= 0.3 is 0 Å². The van der Waals surface area contributed by atoms with E-state index in [1.807, 2.05) is 34.7 Å². The van der Waals surface area contributed by atoms with Crippen molar-refractivity contribution in [3.63, 3.8) is 0 Å². The summed E-state index contributed by atoms with van der Waals surface area (Å²) in [6.45, 7) is 4.29. The van der Waals surface area contributed by atoms with Gasteiger partial charge in [0, 0.05) is 24.7 Å². The summed E-state index contributed by atoms with van der Waals surface area (Å²) < 4.78 is 1.97. The Morgan fingerprint density at radius 1 is 1.25 bits per heavy atom. The summed E-state index contributed by atoms with van der Waals surface area (Å²) >= 11 is 0. The number of piperidine rings is 1. The third-order valence-electron chi connectivity index (χ3n) is 4.40. The van der Waals surface area contributed by atoms with E-state index >= 15 is 0 Å². The van der Waals surface area contributed by atoms with Crippen molar-refractivity contribution in [3.8, 4) is 0 Å². The van der Waals surface area contributed by atoms with Crippen LogP contribution in [0, 0.1) is 0 Å². The topological polar surface area (TPSA) is 38.1 Å². The van der Waals surface area contributed by atoms with Crippen LogP contribution in [0.1, 0.15) is 43.5 Å². The maximum absolute atomic E-state index is 12.8. The molecule has 1 amide bonds. The van der Waals surface area contributed by atoms with Gasteiger partial charge in [-0.2, -0.15) is 0 Å². The predicted molar refractivity (Wildman–Crippen MR) is 79.7 cm³/mol. The number of carbonyl (C=O) groups is 1. The second kappa shape index (κ2) is 4.93. The van der Waals surface area contributed by atoms with Crippen molar-refractivity contribution in [2.24, 2.45) is 7.05 Å². The average Bonchev–Trinajstić information content (AvgIpc) is 2.79. The lowest BCUT2D eigenvalue weighted by atomic mass is 9.96. The summed E-state index contributed by atoms with van der Waals surface area (Å²) in [6, 6.07) is 6.46. The monoisotopic (exact) mass is 271 g/mol. The van der Waals surface area contributed by atoms with Crippen LogP contribution in [0.25, 0.3) is 11.0 Å². The summed E-state index contributed by atoms with van der Waals surface area (Å²) in [5, 5.41) is 0. The Morgan fingerprint density at radius 2 is 1.95 bits per heavy atom. The molecule has 0 bridgehead atoms. The summed E-state index contributed by atoms with van der Waals surface area (Å²) in [5.41, 5.74) is 2.69. The molecule has 1 aliphatic rings. The molecule has 0 aliphatic carbocycles. The van der Waals surface area contributed by atoms with E-state index in [1.54, 1.807) is 6.33 Å². The van der Waals surface area contributed by atoms with E-state index in [-0.39, 0.29) is 5.91 Å². The second-order valence-corrected chi connectivity index (χ2v) is 5.90. The van der Waals surface area contributed by atoms with Gasteiger partial charge in [-0.3, -0.25) is 4.79 Å². The molecule has 3 rings (SSSR count). The highest BCUT2D eigenvalue weighted by Crippen LogP contribution is 2.25. The third kappa shape index (κ3) is 2.09. The van der Waals surface area contributed by atoms with E-state index in [4.69, 9.17) is 0 Å². The van der Waals surface area contributed by atoms with Crippen LogP contribution < -0.4 is 0 Å². The Hall–Kier alpha value is -1.84. The van der Waals surface area contributed by atoms with Crippen molar-refractivity contribution in [3.05, 3.63) is 30.1 Å². The number of rotatable bonds is 1. The smallest absolute Gasteiger partial charge is 0.254 e. The molecule has 1 aromatic heterocycles. The van der Waals surface area contributed by atoms with E-state index in [0.717, 1.165) is 29.4 Å². The van der Waals surface area contributed by atoms with Crippen LogP contribution in [0.4, 0.5) is 0 Å². The second-order valence-electron chi connectivity index (χ2n) is 5.90. The van der Waals surface area contributed by atoms with Gasteiger partial charge in [0.2, 0.25) is 0 Å². The van der Waals surface area contributed by atoms with Crippen LogP contribution in [0.2, 0.25) is 0 Å². The summed E-state index contributed by atoms with van der Waals surface area (Å²) in [5.74, 6) is 0.136. The first-order chi connectivity index (χ1) is 9.58. The Balaban J connectivity index is 1.95. The Bertz CT molecular complexity index is 636. The molecule has 1 aliphatic heterocycles. The Morgan fingerprint density at radius 3 is 2.65 bits per heavy atom. The van der Waals surface area contributed by atoms with Gasteiger partial charge in [-0.05, 0) is 51.3 Å². The molecule has 4 heteroatoms. The van der Waals surface area contributed by atoms with Crippen molar-refractivity contribution < 1.29 is 4.79 Å². The number of fused-ring (bicyclic) bond motifs is 1. The number of hydrogen-bond acceptors (Lipinski definition) is 2. The minimum atomic E-state index is 0.136. The van der Waals surface area contributed by atoms with Crippen LogP contribution in [0.5, 0.6) is 0 Å². The largest absolute Gasteiger partial charge is 0.334 e. The number of amides is 1. The number of nitrogens with zero attached hydrogens (tertiary/aromatic N) is 3. The van der Waals surface area contributed by atoms with Gasteiger partial charge < -0.3 is 9.47 Å². The van der Waals surface area contributed by atoms with Crippen LogP contribution >= 0.6 is 0 Å². The standard InChI is InChI=1S/C16H21N3O/c1-11-5-4-6-12(2)19(11)16(20)13-7-8-15-14(9-13)17-10-18(15)3/h7-12H,4-6H2,1-3H3. The van der Waals surface area contributed by atoms with E-state index in [0.29, 0.717) is 12.1 Å². The summed E-state index contributed by atoms with van der Waals surface area (Å²) in [4.78, 5) is 19.1. The first-order valence-corrected chi connectivity index (χ1v) is 7.31. The zero-order chi connectivity index (χ0) is 14.3. The van der Waals surface area contributed by atoms with Crippen molar-refractivity contribution in [2.45, 2.75) is 45.2 Å². The van der Waals surface area contributed by atoms with Gasteiger partial charge in [-0.1, -0.05) is 0 Å². The third-order valence-corrected chi connectivity index (χ3v) is 4.40. The maximum atomic E-state index is 12.8. The molecule has 0 N–H and O–H groups in total. The lowest BCUT2D eigenvalue weighted by Crippen LogP contribution is -2.47. The fourth-order valence-corrected chi connectivity index (χ4v) is 3.24. The fraction of sp³-hybridized carbons (Fsp3) is 0.500. The number of carbonyl (C=O) groups excluding carboxylic acids is 1. The van der Waals surface area contributed by atoms with Crippen LogP contribution in [-0.4, -0.2) is 32.4 Å². The predicted octanol–water partition coefficient (Wildman–Crippen LogP) is 2.98. The van der Waals surface area contributed by atoms with Crippen LogP contribution in [0.3, 0.4) is 0 Å². The average molecular weight is 271 g/mol. The molecule has 0 spiro atoms. The minimum Gasteiger partial charge on any atom is -0.334 e. The molecule has 0 saturated carbocycles. The molecule has 2 heterocycles. The minimum absolute atomic E-state index is 0.136. The van der Waals surface area contributed by atoms with E-state index in [9.17, 15) is 4.79 Å². The molecule has 20 heavy (non-hydrogen) atoms. The highest BCUT2D eigenvalue weighted by molar-refractivity contribution is 5.97. The molecule has 1 fully saturated rings. The van der Waals surface area contributed by atoms with Gasteiger partial charge in [0.1, 0.15) is 0 Å². The molecule has 2 atom stereocenters. The highest BCUT2D eigenvalue weighted by Gasteiger charge is 2.29. The Kier molecular flexibility index (Phi) is 3.24. The van der Waals surface area contributed by atoms with Gasteiger partial charge in [-0.15, -0.1) is 0 Å². The quantitative estimate of drug-likeness (QED) is 0.799. The number of benzene rings is 1. The SMILES string of the molecule is CC1CCCC(C)N1C(=O)c1ccc2c(c1)ncn2C. The zero-order valence-corrected chi connectivity index (χ0v) is 12.3. The molecule has 4 nitrogen and oxygen atoms in total. The van der Waals surface area contributed by atoms with Gasteiger partial charge in [0.05, 0.1) is 17.4 Å². The van der Waals surface area contributed by atoms with Crippen molar-refractivity contribution in [1.29, 1.82) is 0 Å². The van der Waals surface area contributed by atoms with E-state index in [2.05, 4.69) is 18.8 Å². The molecule has 1 aromatic carbocycles. The van der Waals surface area contributed by atoms with Gasteiger partial charge in [0.15, 0.2) is 0 Å². The molecule has 106 valence electrons. The highest BCUT2D eigenvalue weighted by atomic mass is 16.2. The number of likely N-dealkylation sites (tertiary alicyclic amines) is 1. The molecular weight excluding hydrogens is 250 g/mol. The van der Waals surface area contributed by atoms with Gasteiger partial charge in [0.25, 0.3) is 5.91 Å². The van der Waals surface area contributed by atoms with E-state index in [1.165, 1.54) is 6.42 Å².